The Labute approximate surface area is 151 Å². The van der Waals surface area contributed by atoms with E-state index in [2.05, 4.69) is 4.90 Å². The summed E-state index contributed by atoms with van der Waals surface area (Å²) in [6.45, 7) is 3.09. The lowest BCUT2D eigenvalue weighted by atomic mass is 10.1. The summed E-state index contributed by atoms with van der Waals surface area (Å²) in [6.07, 6.45) is 2.53. The van der Waals surface area contributed by atoms with Crippen LogP contribution in [0.15, 0.2) is 53.4 Å². The first-order chi connectivity index (χ1) is 12.2. The van der Waals surface area contributed by atoms with Crippen LogP contribution in [0.5, 0.6) is 0 Å². The van der Waals surface area contributed by atoms with Gasteiger partial charge in [0.1, 0.15) is 5.82 Å². The molecule has 1 unspecified atom stereocenters. The van der Waals surface area contributed by atoms with Crippen LogP contribution in [0.1, 0.15) is 24.0 Å². The molecule has 1 aliphatic rings. The maximum atomic E-state index is 13.7. The lowest BCUT2D eigenvalue weighted by Crippen LogP contribution is -2.38. The van der Waals surface area contributed by atoms with Gasteiger partial charge in [0.05, 0.1) is 10.8 Å². The molecule has 0 aliphatic carbocycles. The number of nitrogens with zero attached hydrogens (tertiary/aromatic N) is 1. The average Bonchev–Trinajstić information content (AvgIpc) is 2.67. The average molecular weight is 360 g/mol. The number of hydrogen-bond donors (Lipinski definition) is 1. The predicted octanol–water partition coefficient (Wildman–Crippen LogP) is 3.10. The van der Waals surface area contributed by atoms with Crippen LogP contribution in [0.25, 0.3) is 0 Å². The van der Waals surface area contributed by atoms with Gasteiger partial charge in [-0.05, 0) is 55.6 Å². The van der Waals surface area contributed by atoms with E-state index in [9.17, 15) is 8.60 Å². The van der Waals surface area contributed by atoms with E-state index in [1.54, 1.807) is 6.07 Å². The molecule has 1 atom stereocenters. The van der Waals surface area contributed by atoms with E-state index < -0.39 is 10.8 Å². The molecule has 0 radical (unpaired) electrons. The normalized spacial score (nSPS) is 17.5. The quantitative estimate of drug-likeness (QED) is 0.861. The van der Waals surface area contributed by atoms with Crippen molar-refractivity contribution in [2.45, 2.75) is 36.0 Å². The van der Waals surface area contributed by atoms with E-state index in [1.165, 1.54) is 6.07 Å². The van der Waals surface area contributed by atoms with Gasteiger partial charge in [0.2, 0.25) is 0 Å². The molecule has 0 bridgehead atoms. The van der Waals surface area contributed by atoms with Crippen molar-refractivity contribution >= 4 is 10.8 Å². The Morgan fingerprint density at radius 2 is 1.68 bits per heavy atom. The van der Waals surface area contributed by atoms with Crippen molar-refractivity contribution in [3.05, 3.63) is 65.5 Å². The molecule has 25 heavy (non-hydrogen) atoms. The fraction of sp³-hybridized carbons (Fsp3) is 0.400. The standard InChI is InChI=1S/C20H25FN2OS/c21-19-7-3-1-5-16(19)9-12-23-13-10-18(11-14-23)25(24)20-8-4-2-6-17(20)15-22/h1-8,18H,9-15,22H2. The molecule has 0 aromatic heterocycles. The Kier molecular flexibility index (Phi) is 6.34. The monoisotopic (exact) mass is 360 g/mol. The van der Waals surface area contributed by atoms with Gasteiger partial charge >= 0.3 is 0 Å². The number of nitrogens with two attached hydrogens (primary N) is 1. The molecule has 2 N–H and O–H groups in total. The minimum Gasteiger partial charge on any atom is -0.326 e. The largest absolute Gasteiger partial charge is 0.326 e. The second-order valence-electron chi connectivity index (χ2n) is 6.49. The fourth-order valence-electron chi connectivity index (χ4n) is 3.37. The van der Waals surface area contributed by atoms with Crippen LogP contribution in [-0.4, -0.2) is 34.0 Å². The van der Waals surface area contributed by atoms with Crippen LogP contribution in [0, 0.1) is 5.82 Å². The number of hydrogen-bond acceptors (Lipinski definition) is 3. The number of benzene rings is 2. The zero-order chi connectivity index (χ0) is 17.6. The minimum absolute atomic E-state index is 0.128. The molecule has 5 heteroatoms. The lowest BCUT2D eigenvalue weighted by molar-refractivity contribution is 0.233. The zero-order valence-electron chi connectivity index (χ0n) is 14.4. The molecule has 2 aromatic carbocycles. The van der Waals surface area contributed by atoms with Gasteiger partial charge in [-0.15, -0.1) is 0 Å². The highest BCUT2D eigenvalue weighted by Crippen LogP contribution is 2.24. The van der Waals surface area contributed by atoms with Crippen LogP contribution < -0.4 is 5.73 Å². The van der Waals surface area contributed by atoms with Crippen molar-refractivity contribution in [2.75, 3.05) is 19.6 Å². The highest BCUT2D eigenvalue weighted by atomic mass is 32.2. The molecule has 134 valence electrons. The SMILES string of the molecule is NCc1ccccc1S(=O)C1CCN(CCc2ccccc2F)CC1. The van der Waals surface area contributed by atoms with Gasteiger partial charge in [-0.3, -0.25) is 4.21 Å². The topological polar surface area (TPSA) is 46.3 Å². The third kappa shape index (κ3) is 4.54. The number of piperidine rings is 1. The Morgan fingerprint density at radius 3 is 2.36 bits per heavy atom. The molecule has 3 rings (SSSR count). The summed E-state index contributed by atoms with van der Waals surface area (Å²) in [6, 6.07) is 14.7. The van der Waals surface area contributed by atoms with Gasteiger partial charge in [0.25, 0.3) is 0 Å². The van der Waals surface area contributed by atoms with Gasteiger partial charge in [-0.2, -0.15) is 0 Å². The first-order valence-electron chi connectivity index (χ1n) is 8.83. The van der Waals surface area contributed by atoms with Gasteiger partial charge in [0.15, 0.2) is 0 Å². The number of rotatable bonds is 6. The molecule has 1 saturated heterocycles. The third-order valence-corrected chi connectivity index (χ3v) is 6.81. The molecule has 0 saturated carbocycles. The van der Waals surface area contributed by atoms with Crippen LogP contribution in [0.2, 0.25) is 0 Å². The fourth-order valence-corrected chi connectivity index (χ4v) is 5.00. The summed E-state index contributed by atoms with van der Waals surface area (Å²) in [5.41, 5.74) is 7.52. The molecule has 0 amide bonds. The van der Waals surface area contributed by atoms with E-state index in [0.29, 0.717) is 6.54 Å². The van der Waals surface area contributed by atoms with E-state index in [4.69, 9.17) is 5.73 Å². The Morgan fingerprint density at radius 1 is 1.04 bits per heavy atom. The van der Waals surface area contributed by atoms with Crippen molar-refractivity contribution in [3.63, 3.8) is 0 Å². The third-order valence-electron chi connectivity index (χ3n) is 4.90. The van der Waals surface area contributed by atoms with E-state index in [0.717, 1.165) is 54.9 Å². The van der Waals surface area contributed by atoms with Crippen LogP contribution in [0.4, 0.5) is 4.39 Å². The molecule has 3 nitrogen and oxygen atoms in total. The summed E-state index contributed by atoms with van der Waals surface area (Å²) in [5.74, 6) is -0.128. The van der Waals surface area contributed by atoms with Gasteiger partial charge in [-0.1, -0.05) is 36.4 Å². The van der Waals surface area contributed by atoms with E-state index >= 15 is 0 Å². The molecular weight excluding hydrogens is 335 g/mol. The summed E-state index contributed by atoms with van der Waals surface area (Å²) in [7, 11) is -1.01. The number of halogens is 1. The second kappa shape index (κ2) is 8.70. The summed E-state index contributed by atoms with van der Waals surface area (Å²) < 4.78 is 26.6. The van der Waals surface area contributed by atoms with E-state index in [-0.39, 0.29) is 11.1 Å². The predicted molar refractivity (Wildman–Crippen MR) is 100 cm³/mol. The Bertz CT molecular complexity index is 729. The zero-order valence-corrected chi connectivity index (χ0v) is 15.2. The Hall–Kier alpha value is -1.56. The molecule has 1 aliphatic heterocycles. The molecular formula is C20H25FN2OS. The second-order valence-corrected chi connectivity index (χ2v) is 8.19. The van der Waals surface area contributed by atoms with Crippen molar-refractivity contribution in [3.8, 4) is 0 Å². The smallest absolute Gasteiger partial charge is 0.126 e. The van der Waals surface area contributed by atoms with Crippen LogP contribution >= 0.6 is 0 Å². The first-order valence-corrected chi connectivity index (χ1v) is 10.0. The molecule has 1 heterocycles. The Balaban J connectivity index is 1.53. The van der Waals surface area contributed by atoms with Crippen molar-refractivity contribution < 1.29 is 8.60 Å². The lowest BCUT2D eigenvalue weighted by Gasteiger charge is -2.31. The van der Waals surface area contributed by atoms with E-state index in [1.807, 2.05) is 36.4 Å². The minimum atomic E-state index is -1.01. The molecule has 2 aromatic rings. The summed E-state index contributed by atoms with van der Waals surface area (Å²) >= 11 is 0. The van der Waals surface area contributed by atoms with Crippen molar-refractivity contribution in [1.29, 1.82) is 0 Å². The van der Waals surface area contributed by atoms with Crippen molar-refractivity contribution in [1.82, 2.24) is 4.90 Å². The van der Waals surface area contributed by atoms with Gasteiger partial charge < -0.3 is 10.6 Å². The highest BCUT2D eigenvalue weighted by Gasteiger charge is 2.25. The maximum absolute atomic E-state index is 13.7. The number of likely N-dealkylation sites (tertiary alicyclic amines) is 1. The summed E-state index contributed by atoms with van der Waals surface area (Å²) in [5, 5.41) is 0.178. The molecule has 1 fully saturated rings. The van der Waals surface area contributed by atoms with Crippen molar-refractivity contribution in [2.24, 2.45) is 5.73 Å². The maximum Gasteiger partial charge on any atom is 0.126 e. The van der Waals surface area contributed by atoms with Gasteiger partial charge in [-0.25, -0.2) is 4.39 Å². The first kappa shape index (κ1) is 18.2. The van der Waals surface area contributed by atoms with Crippen LogP contribution in [-0.2, 0) is 23.8 Å². The van der Waals surface area contributed by atoms with Gasteiger partial charge in [0, 0.05) is 23.2 Å². The van der Waals surface area contributed by atoms with Crippen LogP contribution in [0.3, 0.4) is 0 Å². The summed E-state index contributed by atoms with van der Waals surface area (Å²) in [4.78, 5) is 3.23. The molecule has 0 spiro atoms. The highest BCUT2D eigenvalue weighted by molar-refractivity contribution is 7.85.